The molecule has 1 aliphatic heterocycles. The Morgan fingerprint density at radius 2 is 1.74 bits per heavy atom. The summed E-state index contributed by atoms with van der Waals surface area (Å²) in [5, 5.41) is 12.9. The highest BCUT2D eigenvalue weighted by atomic mass is 35.5. The molecule has 138 valence electrons. The zero-order valence-electron chi connectivity index (χ0n) is 14.5. The Kier molecular flexibility index (Phi) is 5.40. The zero-order valence-corrected chi connectivity index (χ0v) is 16.1. The molecule has 1 atom stereocenters. The third-order valence-corrected chi connectivity index (χ3v) is 5.91. The highest BCUT2D eigenvalue weighted by molar-refractivity contribution is 8.00. The van der Waals surface area contributed by atoms with Crippen LogP contribution in [0.5, 0.6) is 0 Å². The monoisotopic (exact) mass is 399 g/mol. The maximum atomic E-state index is 13.2. The lowest BCUT2D eigenvalue weighted by Crippen LogP contribution is -2.31. The van der Waals surface area contributed by atoms with E-state index in [0.29, 0.717) is 10.2 Å². The first-order valence-electron chi connectivity index (χ1n) is 8.77. The van der Waals surface area contributed by atoms with Crippen molar-refractivity contribution in [2.24, 2.45) is 0 Å². The molecule has 0 bridgehead atoms. The molecule has 0 N–H and O–H groups in total. The van der Waals surface area contributed by atoms with E-state index in [1.165, 1.54) is 11.8 Å². The summed E-state index contributed by atoms with van der Waals surface area (Å²) in [6, 6.07) is 17.1. The van der Waals surface area contributed by atoms with Crippen LogP contribution in [0.3, 0.4) is 0 Å². The van der Waals surface area contributed by atoms with Crippen molar-refractivity contribution in [1.82, 2.24) is 25.1 Å². The number of hydrogen-bond donors (Lipinski definition) is 0. The number of nitrogens with zero attached hydrogens (tertiary/aromatic N) is 5. The fraction of sp³-hybridized carbons (Fsp3) is 0.263. The van der Waals surface area contributed by atoms with E-state index < -0.39 is 0 Å². The number of rotatable bonds is 5. The molecule has 1 saturated heterocycles. The first-order valence-corrected chi connectivity index (χ1v) is 10.0. The summed E-state index contributed by atoms with van der Waals surface area (Å²) in [5.74, 6) is 0.106. The van der Waals surface area contributed by atoms with Crippen LogP contribution in [0.2, 0.25) is 5.02 Å². The second-order valence-electron chi connectivity index (χ2n) is 6.29. The van der Waals surface area contributed by atoms with Gasteiger partial charge in [-0.1, -0.05) is 53.7 Å². The lowest BCUT2D eigenvalue weighted by molar-refractivity contribution is -0.129. The fourth-order valence-electron chi connectivity index (χ4n) is 3.09. The van der Waals surface area contributed by atoms with Gasteiger partial charge in [-0.2, -0.15) is 4.68 Å². The van der Waals surface area contributed by atoms with E-state index in [9.17, 15) is 4.79 Å². The van der Waals surface area contributed by atoms with E-state index in [4.69, 9.17) is 11.6 Å². The van der Waals surface area contributed by atoms with Crippen LogP contribution in [-0.2, 0) is 4.79 Å². The van der Waals surface area contributed by atoms with Gasteiger partial charge in [-0.15, -0.1) is 5.10 Å². The van der Waals surface area contributed by atoms with Crippen LogP contribution < -0.4 is 0 Å². The SMILES string of the molecule is O=C([C@H](Sc1nnnn1-c1ccc(Cl)cc1)c1ccccc1)N1CCCC1. The summed E-state index contributed by atoms with van der Waals surface area (Å²) < 4.78 is 1.63. The summed E-state index contributed by atoms with van der Waals surface area (Å²) in [4.78, 5) is 15.1. The largest absolute Gasteiger partial charge is 0.341 e. The Bertz CT molecular complexity index is 909. The molecular weight excluding hydrogens is 382 g/mol. The molecule has 1 aromatic heterocycles. The molecule has 2 heterocycles. The van der Waals surface area contributed by atoms with Crippen molar-refractivity contribution in [1.29, 1.82) is 0 Å². The van der Waals surface area contributed by atoms with Gasteiger partial charge in [-0.05, 0) is 53.1 Å². The van der Waals surface area contributed by atoms with Crippen molar-refractivity contribution in [2.45, 2.75) is 23.2 Å². The number of benzene rings is 2. The summed E-state index contributed by atoms with van der Waals surface area (Å²) in [5.41, 5.74) is 1.75. The number of aromatic nitrogens is 4. The predicted octanol–water partition coefficient (Wildman–Crippen LogP) is 3.77. The standard InChI is InChI=1S/C19H18ClN5OS/c20-15-8-10-16(11-9-15)25-19(21-22-23-25)27-17(14-6-2-1-3-7-14)18(26)24-12-4-5-13-24/h1-3,6-11,17H,4-5,12-13H2/t17-/m1/s1. The van der Waals surface area contributed by atoms with E-state index in [2.05, 4.69) is 15.5 Å². The van der Waals surface area contributed by atoms with Crippen molar-refractivity contribution in [3.05, 3.63) is 65.2 Å². The minimum absolute atomic E-state index is 0.106. The molecule has 0 aliphatic carbocycles. The molecule has 0 unspecified atom stereocenters. The number of hydrogen-bond acceptors (Lipinski definition) is 5. The molecule has 1 aliphatic rings. The van der Waals surface area contributed by atoms with Gasteiger partial charge >= 0.3 is 0 Å². The Hall–Kier alpha value is -2.38. The third-order valence-electron chi connectivity index (χ3n) is 4.48. The van der Waals surface area contributed by atoms with Gasteiger partial charge in [0.05, 0.1) is 5.69 Å². The second-order valence-corrected chi connectivity index (χ2v) is 7.80. The minimum Gasteiger partial charge on any atom is -0.341 e. The quantitative estimate of drug-likeness (QED) is 0.611. The predicted molar refractivity (Wildman–Crippen MR) is 105 cm³/mol. The van der Waals surface area contributed by atoms with Crippen LogP contribution in [0.1, 0.15) is 23.7 Å². The van der Waals surface area contributed by atoms with Crippen LogP contribution in [-0.4, -0.2) is 44.1 Å². The first kappa shape index (κ1) is 18.0. The lowest BCUT2D eigenvalue weighted by atomic mass is 10.1. The molecule has 2 aromatic carbocycles. The van der Waals surface area contributed by atoms with Crippen molar-refractivity contribution in [3.63, 3.8) is 0 Å². The van der Waals surface area contributed by atoms with Crippen molar-refractivity contribution in [2.75, 3.05) is 13.1 Å². The molecule has 3 aromatic rings. The van der Waals surface area contributed by atoms with E-state index in [0.717, 1.165) is 37.2 Å². The average molecular weight is 400 g/mol. The average Bonchev–Trinajstić information content (AvgIpc) is 3.39. The van der Waals surface area contributed by atoms with Gasteiger partial charge in [0, 0.05) is 18.1 Å². The summed E-state index contributed by atoms with van der Waals surface area (Å²) >= 11 is 7.35. The maximum absolute atomic E-state index is 13.2. The molecule has 27 heavy (non-hydrogen) atoms. The Morgan fingerprint density at radius 3 is 2.44 bits per heavy atom. The minimum atomic E-state index is -0.388. The van der Waals surface area contributed by atoms with Crippen LogP contribution in [0, 0.1) is 0 Å². The molecule has 0 saturated carbocycles. The molecule has 6 nitrogen and oxygen atoms in total. The van der Waals surface area contributed by atoms with Crippen molar-refractivity contribution < 1.29 is 4.79 Å². The van der Waals surface area contributed by atoms with Gasteiger partial charge in [-0.25, -0.2) is 0 Å². The highest BCUT2D eigenvalue weighted by Gasteiger charge is 2.30. The van der Waals surface area contributed by atoms with Crippen LogP contribution >= 0.6 is 23.4 Å². The molecule has 8 heteroatoms. The summed E-state index contributed by atoms with van der Waals surface area (Å²) in [7, 11) is 0. The normalized spacial score (nSPS) is 15.1. The van der Waals surface area contributed by atoms with E-state index in [1.807, 2.05) is 47.4 Å². The van der Waals surface area contributed by atoms with Crippen LogP contribution in [0.15, 0.2) is 59.8 Å². The number of amides is 1. The number of likely N-dealkylation sites (tertiary alicyclic amines) is 1. The van der Waals surface area contributed by atoms with Gasteiger partial charge in [0.25, 0.3) is 0 Å². The van der Waals surface area contributed by atoms with Gasteiger partial charge in [0.15, 0.2) is 0 Å². The van der Waals surface area contributed by atoms with Crippen molar-refractivity contribution in [3.8, 4) is 5.69 Å². The first-order chi connectivity index (χ1) is 13.2. The van der Waals surface area contributed by atoms with Crippen molar-refractivity contribution >= 4 is 29.3 Å². The number of halogens is 1. The smallest absolute Gasteiger partial charge is 0.240 e. The van der Waals surface area contributed by atoms with Gasteiger partial charge in [-0.3, -0.25) is 4.79 Å². The van der Waals surface area contributed by atoms with Gasteiger partial charge < -0.3 is 4.90 Å². The van der Waals surface area contributed by atoms with Gasteiger partial charge in [0.2, 0.25) is 11.1 Å². The number of thioether (sulfide) groups is 1. The fourth-order valence-corrected chi connectivity index (χ4v) is 4.30. The van der Waals surface area contributed by atoms with Gasteiger partial charge in [0.1, 0.15) is 5.25 Å². The molecular formula is C19H18ClN5OS. The van der Waals surface area contributed by atoms with Crippen LogP contribution in [0.4, 0.5) is 0 Å². The number of carbonyl (C=O) groups excluding carboxylic acids is 1. The third kappa shape index (κ3) is 3.99. The summed E-state index contributed by atoms with van der Waals surface area (Å²) in [6.45, 7) is 1.62. The molecule has 1 fully saturated rings. The molecule has 1 amide bonds. The molecule has 0 spiro atoms. The van der Waals surface area contributed by atoms with Crippen LogP contribution in [0.25, 0.3) is 5.69 Å². The topological polar surface area (TPSA) is 63.9 Å². The Morgan fingerprint density at radius 1 is 1.04 bits per heavy atom. The molecule has 0 radical (unpaired) electrons. The maximum Gasteiger partial charge on any atom is 0.240 e. The number of tetrazole rings is 1. The lowest BCUT2D eigenvalue weighted by Gasteiger charge is -2.22. The number of carbonyl (C=O) groups is 1. The molecule has 4 rings (SSSR count). The van der Waals surface area contributed by atoms with E-state index >= 15 is 0 Å². The van der Waals surface area contributed by atoms with E-state index in [1.54, 1.807) is 16.8 Å². The second kappa shape index (κ2) is 8.10. The summed E-state index contributed by atoms with van der Waals surface area (Å²) in [6.07, 6.45) is 2.11. The Labute approximate surface area is 166 Å². The van der Waals surface area contributed by atoms with E-state index in [-0.39, 0.29) is 11.2 Å². The zero-order chi connectivity index (χ0) is 18.6. The Balaban J connectivity index is 1.65. The highest BCUT2D eigenvalue weighted by Crippen LogP contribution is 2.37.